The number of nitrogens with zero attached hydrogens (tertiary/aromatic N) is 2. The molecule has 3 rings (SSSR count). The van der Waals surface area contributed by atoms with Gasteiger partial charge >= 0.3 is 6.09 Å². The lowest BCUT2D eigenvalue weighted by atomic mass is 10.2. The van der Waals surface area contributed by atoms with Crippen LogP contribution >= 0.6 is 0 Å². The molecule has 0 atom stereocenters. The van der Waals surface area contributed by atoms with Crippen LogP contribution in [0.4, 0.5) is 4.79 Å². The highest BCUT2D eigenvalue weighted by Crippen LogP contribution is 2.10. The zero-order valence-electron chi connectivity index (χ0n) is 12.7. The molecule has 0 spiro atoms. The number of hydrogen-bond donors (Lipinski definition) is 0. The maximum absolute atomic E-state index is 11.9. The van der Waals surface area contributed by atoms with Crippen LogP contribution in [0.25, 0.3) is 6.08 Å². The summed E-state index contributed by atoms with van der Waals surface area (Å²) in [5.74, 6) is 0. The van der Waals surface area contributed by atoms with E-state index >= 15 is 0 Å². The maximum atomic E-state index is 11.9. The molecule has 1 aromatic rings. The number of piperazine rings is 1. The minimum atomic E-state index is -0.201. The molecule has 5 nitrogen and oxygen atoms in total. The zero-order valence-corrected chi connectivity index (χ0v) is 12.7. The van der Waals surface area contributed by atoms with Gasteiger partial charge in [-0.3, -0.25) is 4.90 Å². The van der Waals surface area contributed by atoms with Gasteiger partial charge in [0.15, 0.2) is 6.10 Å². The molecule has 22 heavy (non-hydrogen) atoms. The number of amides is 1. The molecule has 2 fully saturated rings. The van der Waals surface area contributed by atoms with Crippen molar-refractivity contribution in [3.05, 3.63) is 42.0 Å². The second kappa shape index (κ2) is 7.42. The van der Waals surface area contributed by atoms with Gasteiger partial charge in [0.2, 0.25) is 0 Å². The minimum absolute atomic E-state index is 0.0423. The Morgan fingerprint density at radius 1 is 1.18 bits per heavy atom. The molecule has 0 unspecified atom stereocenters. The molecule has 2 heterocycles. The Hall–Kier alpha value is -1.85. The number of carbonyl (C=O) groups excluding carboxylic acids is 1. The first-order valence-corrected chi connectivity index (χ1v) is 7.78. The first kappa shape index (κ1) is 15.1. The van der Waals surface area contributed by atoms with Crippen LogP contribution in [0.2, 0.25) is 0 Å². The lowest BCUT2D eigenvalue weighted by molar-refractivity contribution is -0.106. The van der Waals surface area contributed by atoms with Gasteiger partial charge in [-0.05, 0) is 5.56 Å². The fraction of sp³-hybridized carbons (Fsp3) is 0.471. The van der Waals surface area contributed by atoms with Crippen molar-refractivity contribution in [1.29, 1.82) is 0 Å². The van der Waals surface area contributed by atoms with Gasteiger partial charge in [-0.15, -0.1) is 0 Å². The molecule has 2 aliphatic heterocycles. The molecule has 0 N–H and O–H groups in total. The van der Waals surface area contributed by atoms with Crippen LogP contribution in [0, 0.1) is 0 Å². The summed E-state index contributed by atoms with van der Waals surface area (Å²) in [7, 11) is 0. The van der Waals surface area contributed by atoms with E-state index in [-0.39, 0.29) is 12.2 Å². The van der Waals surface area contributed by atoms with Gasteiger partial charge in [0, 0.05) is 32.7 Å². The third-order valence-corrected chi connectivity index (χ3v) is 3.98. The summed E-state index contributed by atoms with van der Waals surface area (Å²) in [6.07, 6.45) is 4.07. The van der Waals surface area contributed by atoms with E-state index in [1.54, 1.807) is 4.90 Å². The highest BCUT2D eigenvalue weighted by atomic mass is 16.6. The number of benzene rings is 1. The van der Waals surface area contributed by atoms with E-state index in [0.29, 0.717) is 13.2 Å². The van der Waals surface area contributed by atoms with E-state index < -0.39 is 0 Å². The summed E-state index contributed by atoms with van der Waals surface area (Å²) in [4.78, 5) is 16.1. The third-order valence-electron chi connectivity index (χ3n) is 3.98. The smallest absolute Gasteiger partial charge is 0.410 e. The van der Waals surface area contributed by atoms with Crippen molar-refractivity contribution in [2.45, 2.75) is 6.10 Å². The fourth-order valence-corrected chi connectivity index (χ4v) is 2.51. The summed E-state index contributed by atoms with van der Waals surface area (Å²) in [5.41, 5.74) is 1.22. The van der Waals surface area contributed by atoms with Crippen LogP contribution in [-0.2, 0) is 9.47 Å². The average Bonchev–Trinajstić information content (AvgIpc) is 2.52. The quantitative estimate of drug-likeness (QED) is 0.851. The van der Waals surface area contributed by atoms with Crippen LogP contribution in [0.1, 0.15) is 5.56 Å². The van der Waals surface area contributed by atoms with E-state index in [1.807, 2.05) is 18.2 Å². The summed E-state index contributed by atoms with van der Waals surface area (Å²) >= 11 is 0. The molecule has 118 valence electrons. The van der Waals surface area contributed by atoms with Crippen LogP contribution < -0.4 is 0 Å². The Kier molecular flexibility index (Phi) is 5.08. The molecule has 0 radical (unpaired) electrons. The van der Waals surface area contributed by atoms with Crippen molar-refractivity contribution in [3.63, 3.8) is 0 Å². The minimum Gasteiger partial charge on any atom is -0.441 e. The maximum Gasteiger partial charge on any atom is 0.410 e. The molecule has 2 aliphatic rings. The largest absolute Gasteiger partial charge is 0.441 e. The Balaban J connectivity index is 1.38. The van der Waals surface area contributed by atoms with E-state index in [4.69, 9.17) is 9.47 Å². The fourth-order valence-electron chi connectivity index (χ4n) is 2.51. The normalized spacial score (nSPS) is 20.1. The summed E-state index contributed by atoms with van der Waals surface area (Å²) in [6.45, 7) is 5.21. The highest BCUT2D eigenvalue weighted by molar-refractivity contribution is 5.68. The zero-order chi connectivity index (χ0) is 15.2. The number of rotatable bonds is 4. The monoisotopic (exact) mass is 302 g/mol. The summed E-state index contributed by atoms with van der Waals surface area (Å²) in [6, 6.07) is 10.3. The van der Waals surface area contributed by atoms with Gasteiger partial charge in [0.25, 0.3) is 0 Å². The van der Waals surface area contributed by atoms with Crippen molar-refractivity contribution in [3.8, 4) is 0 Å². The lowest BCUT2D eigenvalue weighted by Crippen LogP contribution is -2.50. The first-order valence-electron chi connectivity index (χ1n) is 7.78. The standard InChI is InChI=1S/C17H22N2O3/c20-17(22-16-13-21-14-16)19-11-9-18(10-12-19)8-4-7-15-5-2-1-3-6-15/h1-7,16H,8-14H2/b7-4+. The Bertz CT molecular complexity index is 506. The first-order chi connectivity index (χ1) is 10.8. The van der Waals surface area contributed by atoms with Crippen LogP contribution in [0.5, 0.6) is 0 Å². The van der Waals surface area contributed by atoms with E-state index in [0.717, 1.165) is 32.7 Å². The molecular weight excluding hydrogens is 280 g/mol. The molecule has 5 heteroatoms. The predicted molar refractivity (Wildman–Crippen MR) is 84.6 cm³/mol. The number of carbonyl (C=O) groups is 1. The molecule has 0 aromatic heterocycles. The molecule has 1 amide bonds. The van der Waals surface area contributed by atoms with Crippen molar-refractivity contribution >= 4 is 12.2 Å². The van der Waals surface area contributed by atoms with Crippen molar-refractivity contribution < 1.29 is 14.3 Å². The highest BCUT2D eigenvalue weighted by Gasteiger charge is 2.27. The van der Waals surface area contributed by atoms with E-state index in [9.17, 15) is 4.79 Å². The van der Waals surface area contributed by atoms with Crippen LogP contribution in [0.15, 0.2) is 36.4 Å². The van der Waals surface area contributed by atoms with Gasteiger partial charge in [-0.2, -0.15) is 0 Å². The van der Waals surface area contributed by atoms with Gasteiger partial charge < -0.3 is 14.4 Å². The van der Waals surface area contributed by atoms with Gasteiger partial charge in [0.05, 0.1) is 13.2 Å². The second-order valence-electron chi connectivity index (χ2n) is 5.64. The molecular formula is C17H22N2O3. The van der Waals surface area contributed by atoms with Gasteiger partial charge in [-0.1, -0.05) is 42.5 Å². The van der Waals surface area contributed by atoms with Crippen molar-refractivity contribution in [1.82, 2.24) is 9.80 Å². The van der Waals surface area contributed by atoms with Crippen LogP contribution in [-0.4, -0.2) is 67.9 Å². The van der Waals surface area contributed by atoms with Gasteiger partial charge in [0.1, 0.15) is 0 Å². The number of hydrogen-bond acceptors (Lipinski definition) is 4. The molecule has 2 saturated heterocycles. The topological polar surface area (TPSA) is 42.0 Å². The van der Waals surface area contributed by atoms with E-state index in [1.165, 1.54) is 5.56 Å². The molecule has 0 aliphatic carbocycles. The van der Waals surface area contributed by atoms with E-state index in [2.05, 4.69) is 29.2 Å². The summed E-state index contributed by atoms with van der Waals surface area (Å²) in [5, 5.41) is 0. The van der Waals surface area contributed by atoms with Crippen molar-refractivity contribution in [2.24, 2.45) is 0 Å². The number of ether oxygens (including phenoxy) is 2. The Morgan fingerprint density at radius 2 is 1.91 bits per heavy atom. The average molecular weight is 302 g/mol. The Labute approximate surface area is 131 Å². The summed E-state index contributed by atoms with van der Waals surface area (Å²) < 4.78 is 10.3. The lowest BCUT2D eigenvalue weighted by Gasteiger charge is -2.35. The Morgan fingerprint density at radius 3 is 2.55 bits per heavy atom. The second-order valence-corrected chi connectivity index (χ2v) is 5.64. The molecule has 0 bridgehead atoms. The third kappa shape index (κ3) is 4.08. The molecule has 0 saturated carbocycles. The predicted octanol–water partition coefficient (Wildman–Crippen LogP) is 1.85. The molecule has 1 aromatic carbocycles. The van der Waals surface area contributed by atoms with Crippen LogP contribution in [0.3, 0.4) is 0 Å². The van der Waals surface area contributed by atoms with Gasteiger partial charge in [-0.25, -0.2) is 4.79 Å². The SMILES string of the molecule is O=C(OC1COC1)N1CCN(C/C=C/c2ccccc2)CC1. The van der Waals surface area contributed by atoms with Crippen molar-refractivity contribution in [2.75, 3.05) is 45.9 Å².